The average Bonchev–Trinajstić information content (AvgIpc) is 2.85. The second-order valence-corrected chi connectivity index (χ2v) is 12.3. The minimum Gasteiger partial charge on any atom is -0.487 e. The number of ether oxygens (including phenoxy) is 1. The fourth-order valence-corrected chi connectivity index (χ4v) is 7.25. The monoisotopic (exact) mass is 538 g/mol. The number of carbonyl (C=O) groups is 1. The van der Waals surface area contributed by atoms with Crippen molar-refractivity contribution in [2.45, 2.75) is 63.3 Å². The van der Waals surface area contributed by atoms with E-state index in [2.05, 4.69) is 19.2 Å². The number of piperidine rings is 1. The van der Waals surface area contributed by atoms with Gasteiger partial charge in [-0.15, -0.1) is 0 Å². The third kappa shape index (κ3) is 5.79. The summed E-state index contributed by atoms with van der Waals surface area (Å²) in [6, 6.07) is 12.5. The minimum atomic E-state index is -3.64. The van der Waals surface area contributed by atoms with Crippen molar-refractivity contribution >= 4 is 39.1 Å². The predicted octanol–water partition coefficient (Wildman–Crippen LogP) is 5.73. The number of hydrogen-bond acceptors (Lipinski definition) is 4. The summed E-state index contributed by atoms with van der Waals surface area (Å²) < 4.78 is 34.1. The maximum atomic E-state index is 13.4. The Morgan fingerprint density at radius 1 is 1.17 bits per heavy atom. The lowest BCUT2D eigenvalue weighted by Crippen LogP contribution is -2.49. The zero-order valence-corrected chi connectivity index (χ0v) is 22.4. The lowest BCUT2D eigenvalue weighted by Gasteiger charge is -2.42. The predicted molar refractivity (Wildman–Crippen MR) is 139 cm³/mol. The summed E-state index contributed by atoms with van der Waals surface area (Å²) >= 11 is 12.2. The summed E-state index contributed by atoms with van der Waals surface area (Å²) in [5.74, 6) is 0.0600. The average molecular weight is 540 g/mol. The molecule has 4 rings (SSSR count). The molecular weight excluding hydrogens is 507 g/mol. The highest BCUT2D eigenvalue weighted by Crippen LogP contribution is 2.42. The van der Waals surface area contributed by atoms with Crippen LogP contribution in [0.1, 0.15) is 63.1 Å². The Morgan fingerprint density at radius 2 is 1.91 bits per heavy atom. The van der Waals surface area contributed by atoms with Gasteiger partial charge < -0.3 is 10.1 Å². The van der Waals surface area contributed by atoms with E-state index in [-0.39, 0.29) is 29.8 Å². The largest absolute Gasteiger partial charge is 0.487 e. The van der Waals surface area contributed by atoms with Gasteiger partial charge in [0.1, 0.15) is 11.4 Å². The maximum Gasteiger partial charge on any atom is 0.224 e. The van der Waals surface area contributed by atoms with Crippen LogP contribution in [0.4, 0.5) is 0 Å². The summed E-state index contributed by atoms with van der Waals surface area (Å²) in [4.78, 5) is 13.4. The van der Waals surface area contributed by atoms with Gasteiger partial charge in [0.2, 0.25) is 15.9 Å². The van der Waals surface area contributed by atoms with E-state index in [0.717, 1.165) is 24.2 Å². The summed E-state index contributed by atoms with van der Waals surface area (Å²) in [5.41, 5.74) is 1.14. The SMILES string of the molecule is CCC1(CC)CC(NC(=O)C2CCCN(S(=O)(=O)Cc3ccc(Cl)cc3Cl)C2)c2ccccc2O1. The van der Waals surface area contributed by atoms with E-state index in [1.807, 2.05) is 24.3 Å². The Kier molecular flexibility index (Phi) is 8.01. The van der Waals surface area contributed by atoms with Crippen molar-refractivity contribution in [2.24, 2.45) is 5.92 Å². The molecule has 1 saturated heterocycles. The quantitative estimate of drug-likeness (QED) is 0.488. The number of hydrogen-bond donors (Lipinski definition) is 1. The number of nitrogens with one attached hydrogen (secondary N) is 1. The van der Waals surface area contributed by atoms with E-state index in [1.165, 1.54) is 4.31 Å². The van der Waals surface area contributed by atoms with Crippen LogP contribution in [0, 0.1) is 5.92 Å². The van der Waals surface area contributed by atoms with Crippen LogP contribution in [0.2, 0.25) is 10.0 Å². The number of para-hydroxylation sites is 1. The fourth-order valence-electron chi connectivity index (χ4n) is 5.06. The lowest BCUT2D eigenvalue weighted by molar-refractivity contribution is -0.127. The number of amides is 1. The molecule has 2 heterocycles. The Labute approximate surface area is 218 Å². The van der Waals surface area contributed by atoms with Gasteiger partial charge in [0.05, 0.1) is 17.7 Å². The summed E-state index contributed by atoms with van der Waals surface area (Å²) in [6.07, 6.45) is 3.65. The molecule has 1 fully saturated rings. The molecule has 6 nitrogen and oxygen atoms in total. The molecule has 1 amide bonds. The summed E-state index contributed by atoms with van der Waals surface area (Å²) in [6.45, 7) is 4.77. The molecule has 190 valence electrons. The van der Waals surface area contributed by atoms with Crippen molar-refractivity contribution in [2.75, 3.05) is 13.1 Å². The molecule has 0 aromatic heterocycles. The fraction of sp³-hybridized carbons (Fsp3) is 0.500. The first-order chi connectivity index (χ1) is 16.7. The smallest absolute Gasteiger partial charge is 0.224 e. The van der Waals surface area contributed by atoms with Crippen molar-refractivity contribution < 1.29 is 17.9 Å². The number of halogens is 2. The lowest BCUT2D eigenvalue weighted by atomic mass is 9.83. The van der Waals surface area contributed by atoms with Crippen LogP contribution < -0.4 is 10.1 Å². The highest BCUT2D eigenvalue weighted by Gasteiger charge is 2.40. The molecule has 9 heteroatoms. The van der Waals surface area contributed by atoms with Gasteiger partial charge in [0.15, 0.2) is 0 Å². The maximum absolute atomic E-state index is 13.4. The summed E-state index contributed by atoms with van der Waals surface area (Å²) in [5, 5.41) is 4.00. The van der Waals surface area contributed by atoms with E-state index in [4.69, 9.17) is 27.9 Å². The van der Waals surface area contributed by atoms with Gasteiger partial charge in [-0.2, -0.15) is 0 Å². The Morgan fingerprint density at radius 3 is 2.63 bits per heavy atom. The van der Waals surface area contributed by atoms with E-state index >= 15 is 0 Å². The number of benzene rings is 2. The number of sulfonamides is 1. The van der Waals surface area contributed by atoms with Crippen molar-refractivity contribution in [3.63, 3.8) is 0 Å². The molecule has 2 aliphatic rings. The zero-order chi connectivity index (χ0) is 25.2. The minimum absolute atomic E-state index is 0.114. The molecule has 2 aromatic rings. The van der Waals surface area contributed by atoms with Gasteiger partial charge in [-0.05, 0) is 49.4 Å². The molecule has 35 heavy (non-hydrogen) atoms. The van der Waals surface area contributed by atoms with Crippen LogP contribution in [0.15, 0.2) is 42.5 Å². The number of fused-ring (bicyclic) bond motifs is 1. The van der Waals surface area contributed by atoms with Gasteiger partial charge in [0, 0.05) is 35.1 Å². The van der Waals surface area contributed by atoms with Gasteiger partial charge in [0.25, 0.3) is 0 Å². The molecule has 0 spiro atoms. The topological polar surface area (TPSA) is 75.7 Å². The highest BCUT2D eigenvalue weighted by atomic mass is 35.5. The molecule has 0 bridgehead atoms. The van der Waals surface area contributed by atoms with Crippen molar-refractivity contribution in [3.8, 4) is 5.75 Å². The third-order valence-corrected chi connectivity index (χ3v) is 9.68. The zero-order valence-electron chi connectivity index (χ0n) is 20.1. The van der Waals surface area contributed by atoms with Crippen LogP contribution in [0.25, 0.3) is 0 Å². The molecule has 2 aliphatic heterocycles. The number of carbonyl (C=O) groups excluding carboxylic acids is 1. The van der Waals surface area contributed by atoms with E-state index in [0.29, 0.717) is 41.4 Å². The number of nitrogens with zero attached hydrogens (tertiary/aromatic N) is 1. The molecule has 0 radical (unpaired) electrons. The Bertz CT molecular complexity index is 1180. The summed E-state index contributed by atoms with van der Waals surface area (Å²) in [7, 11) is -3.64. The van der Waals surface area contributed by atoms with Crippen LogP contribution in [0.3, 0.4) is 0 Å². The van der Waals surface area contributed by atoms with Crippen LogP contribution >= 0.6 is 23.2 Å². The molecular formula is C26H32Cl2N2O4S. The van der Waals surface area contributed by atoms with E-state index < -0.39 is 15.9 Å². The van der Waals surface area contributed by atoms with Crippen LogP contribution in [0.5, 0.6) is 5.75 Å². The molecule has 2 atom stereocenters. The number of rotatable bonds is 7. The van der Waals surface area contributed by atoms with Gasteiger partial charge >= 0.3 is 0 Å². The third-order valence-electron chi connectivity index (χ3n) is 7.30. The van der Waals surface area contributed by atoms with Gasteiger partial charge in [-0.1, -0.05) is 61.3 Å². The van der Waals surface area contributed by atoms with Crippen molar-refractivity contribution in [1.29, 1.82) is 0 Å². The molecule has 2 aromatic carbocycles. The first kappa shape index (κ1) is 26.3. The van der Waals surface area contributed by atoms with E-state index in [9.17, 15) is 13.2 Å². The first-order valence-corrected chi connectivity index (χ1v) is 14.5. The molecule has 2 unspecified atom stereocenters. The highest BCUT2D eigenvalue weighted by molar-refractivity contribution is 7.88. The Hall–Kier alpha value is -1.80. The van der Waals surface area contributed by atoms with Crippen LogP contribution in [-0.2, 0) is 20.6 Å². The van der Waals surface area contributed by atoms with Gasteiger partial charge in [-0.25, -0.2) is 12.7 Å². The van der Waals surface area contributed by atoms with Gasteiger partial charge in [-0.3, -0.25) is 4.79 Å². The molecule has 0 aliphatic carbocycles. The second-order valence-electron chi connectivity index (χ2n) is 9.48. The van der Waals surface area contributed by atoms with Crippen molar-refractivity contribution in [1.82, 2.24) is 9.62 Å². The van der Waals surface area contributed by atoms with E-state index in [1.54, 1.807) is 18.2 Å². The molecule has 0 saturated carbocycles. The second kappa shape index (κ2) is 10.7. The standard InChI is InChI=1S/C26H32Cl2N2O4S/c1-3-26(4-2)15-23(21-9-5-6-10-24(21)34-26)29-25(31)18-8-7-13-30(16-18)35(32,33)17-19-11-12-20(27)14-22(19)28/h5-6,9-12,14,18,23H,3-4,7-8,13,15-17H2,1-2H3,(H,29,31). The van der Waals surface area contributed by atoms with Crippen molar-refractivity contribution in [3.05, 3.63) is 63.6 Å². The Balaban J connectivity index is 1.47. The normalized spacial score (nSPS) is 22.2. The van der Waals surface area contributed by atoms with Crippen LogP contribution in [-0.4, -0.2) is 37.3 Å². The molecule has 1 N–H and O–H groups in total. The first-order valence-electron chi connectivity index (χ1n) is 12.2.